The maximum atomic E-state index is 12.4. The normalized spacial score (nSPS) is 15.6. The summed E-state index contributed by atoms with van der Waals surface area (Å²) in [5, 5.41) is 0. The van der Waals surface area contributed by atoms with Gasteiger partial charge in [0.25, 0.3) is 0 Å². The van der Waals surface area contributed by atoms with Gasteiger partial charge in [0.1, 0.15) is 5.75 Å². The molecule has 0 spiro atoms. The van der Waals surface area contributed by atoms with Crippen molar-refractivity contribution in [2.75, 3.05) is 38.2 Å². The first-order valence-electron chi connectivity index (χ1n) is 10.9. The number of benzene rings is 2. The summed E-state index contributed by atoms with van der Waals surface area (Å²) in [6, 6.07) is 14.4. The average Bonchev–Trinajstić information content (AvgIpc) is 3.11. The Labute approximate surface area is 177 Å². The van der Waals surface area contributed by atoms with E-state index in [2.05, 4.69) is 41.8 Å². The van der Waals surface area contributed by atoms with Crippen LogP contribution in [0.5, 0.6) is 5.75 Å². The lowest BCUT2D eigenvalue weighted by atomic mass is 10.0. The van der Waals surface area contributed by atoms with Gasteiger partial charge in [-0.3, -0.25) is 9.47 Å². The van der Waals surface area contributed by atoms with E-state index in [1.807, 2.05) is 28.8 Å². The first-order chi connectivity index (χ1) is 14.6. The van der Waals surface area contributed by atoms with E-state index in [4.69, 9.17) is 9.15 Å². The second-order valence-corrected chi connectivity index (χ2v) is 7.88. The van der Waals surface area contributed by atoms with Gasteiger partial charge in [0.15, 0.2) is 5.58 Å². The summed E-state index contributed by atoms with van der Waals surface area (Å²) in [6.07, 6.45) is 1.87. The number of ether oxygens (including phenoxy) is 1. The van der Waals surface area contributed by atoms with Crippen LogP contribution in [0.25, 0.3) is 11.1 Å². The molecule has 0 atom stereocenters. The van der Waals surface area contributed by atoms with E-state index in [0.29, 0.717) is 5.58 Å². The van der Waals surface area contributed by atoms with E-state index in [0.717, 1.165) is 56.8 Å². The minimum Gasteiger partial charge on any atom is -0.496 e. The molecule has 6 heteroatoms. The number of hydrogen-bond acceptors (Lipinski definition) is 5. The zero-order valence-electron chi connectivity index (χ0n) is 18.1. The molecule has 0 unspecified atom stereocenters. The van der Waals surface area contributed by atoms with E-state index in [9.17, 15) is 4.79 Å². The second kappa shape index (κ2) is 8.96. The molecule has 0 aliphatic carbocycles. The van der Waals surface area contributed by atoms with Crippen molar-refractivity contribution in [3.8, 4) is 5.75 Å². The van der Waals surface area contributed by atoms with Gasteiger partial charge in [0, 0.05) is 56.1 Å². The van der Waals surface area contributed by atoms with Crippen LogP contribution in [0, 0.1) is 0 Å². The maximum absolute atomic E-state index is 12.4. The van der Waals surface area contributed by atoms with Gasteiger partial charge in [0.05, 0.1) is 12.6 Å². The van der Waals surface area contributed by atoms with Crippen molar-refractivity contribution in [1.29, 1.82) is 0 Å². The Morgan fingerprint density at radius 2 is 1.83 bits per heavy atom. The summed E-state index contributed by atoms with van der Waals surface area (Å²) in [6.45, 7) is 9.04. The average molecular weight is 410 g/mol. The molecule has 3 aromatic rings. The van der Waals surface area contributed by atoms with E-state index < -0.39 is 0 Å². The number of aromatic nitrogens is 1. The van der Waals surface area contributed by atoms with Crippen molar-refractivity contribution >= 4 is 16.8 Å². The van der Waals surface area contributed by atoms with Crippen LogP contribution in [0.4, 0.5) is 5.69 Å². The van der Waals surface area contributed by atoms with E-state index >= 15 is 0 Å². The van der Waals surface area contributed by atoms with Gasteiger partial charge in [-0.15, -0.1) is 0 Å². The van der Waals surface area contributed by atoms with Crippen LogP contribution in [0.2, 0.25) is 0 Å². The standard InChI is InChI=1S/C24H31N3O3/c1-4-26(5-2)20-11-10-18(23(16-20)29-3)17-25-14-12-19(13-15-25)27-21-8-6-7-9-22(21)30-24(27)28/h6-11,16,19H,4-5,12-15,17H2,1-3H3. The summed E-state index contributed by atoms with van der Waals surface area (Å²) in [4.78, 5) is 17.2. The fourth-order valence-electron chi connectivity index (χ4n) is 4.56. The number of nitrogens with zero attached hydrogens (tertiary/aromatic N) is 3. The number of para-hydroxylation sites is 2. The molecule has 6 nitrogen and oxygen atoms in total. The highest BCUT2D eigenvalue weighted by molar-refractivity contribution is 5.72. The van der Waals surface area contributed by atoms with E-state index in [1.54, 1.807) is 7.11 Å². The Morgan fingerprint density at radius 1 is 1.10 bits per heavy atom. The molecular weight excluding hydrogens is 378 g/mol. The molecular formula is C24H31N3O3. The molecule has 1 saturated heterocycles. The number of methoxy groups -OCH3 is 1. The van der Waals surface area contributed by atoms with Crippen LogP contribution in [0.3, 0.4) is 0 Å². The van der Waals surface area contributed by atoms with Gasteiger partial charge in [-0.25, -0.2) is 4.79 Å². The van der Waals surface area contributed by atoms with Gasteiger partial charge >= 0.3 is 5.76 Å². The number of oxazole rings is 1. The summed E-state index contributed by atoms with van der Waals surface area (Å²) in [5.41, 5.74) is 3.97. The molecule has 1 fully saturated rings. The smallest absolute Gasteiger partial charge is 0.420 e. The Morgan fingerprint density at radius 3 is 2.53 bits per heavy atom. The van der Waals surface area contributed by atoms with Crippen LogP contribution in [0.1, 0.15) is 38.3 Å². The highest BCUT2D eigenvalue weighted by Gasteiger charge is 2.25. The lowest BCUT2D eigenvalue weighted by Crippen LogP contribution is -2.36. The van der Waals surface area contributed by atoms with Gasteiger partial charge in [-0.05, 0) is 44.9 Å². The molecule has 0 bridgehead atoms. The lowest BCUT2D eigenvalue weighted by molar-refractivity contribution is 0.176. The maximum Gasteiger partial charge on any atom is 0.420 e. The van der Waals surface area contributed by atoms with Crippen molar-refractivity contribution in [3.05, 3.63) is 58.6 Å². The highest BCUT2D eigenvalue weighted by Crippen LogP contribution is 2.30. The largest absolute Gasteiger partial charge is 0.496 e. The fourth-order valence-corrected chi connectivity index (χ4v) is 4.56. The molecule has 160 valence electrons. The zero-order valence-corrected chi connectivity index (χ0v) is 18.1. The Bertz CT molecular complexity index is 1040. The first-order valence-corrected chi connectivity index (χ1v) is 10.9. The molecule has 1 aromatic heterocycles. The molecule has 30 heavy (non-hydrogen) atoms. The van der Waals surface area contributed by atoms with Crippen molar-refractivity contribution in [3.63, 3.8) is 0 Å². The summed E-state index contributed by atoms with van der Waals surface area (Å²) in [5.74, 6) is 0.696. The van der Waals surface area contributed by atoms with Crippen molar-refractivity contribution in [2.24, 2.45) is 0 Å². The Hall–Kier alpha value is -2.73. The predicted octanol–water partition coefficient (Wildman–Crippen LogP) is 4.29. The van der Waals surface area contributed by atoms with Crippen molar-refractivity contribution in [2.45, 2.75) is 39.3 Å². The van der Waals surface area contributed by atoms with Crippen LogP contribution in [-0.4, -0.2) is 42.8 Å². The molecule has 0 radical (unpaired) electrons. The van der Waals surface area contributed by atoms with Gasteiger partial charge in [0.2, 0.25) is 0 Å². The SMILES string of the molecule is CCN(CC)c1ccc(CN2CCC(n3c(=O)oc4ccccc43)CC2)c(OC)c1. The van der Waals surface area contributed by atoms with Crippen LogP contribution in [0.15, 0.2) is 51.7 Å². The van der Waals surface area contributed by atoms with Crippen molar-refractivity contribution in [1.82, 2.24) is 9.47 Å². The molecule has 1 aliphatic rings. The number of likely N-dealkylation sites (tertiary alicyclic amines) is 1. The van der Waals surface area contributed by atoms with Crippen molar-refractivity contribution < 1.29 is 9.15 Å². The lowest BCUT2D eigenvalue weighted by Gasteiger charge is -2.32. The Kier molecular flexibility index (Phi) is 6.13. The van der Waals surface area contributed by atoms with Gasteiger partial charge in [-0.2, -0.15) is 0 Å². The number of rotatable bonds is 7. The Balaban J connectivity index is 1.45. The third-order valence-corrected chi connectivity index (χ3v) is 6.23. The minimum atomic E-state index is -0.247. The molecule has 0 N–H and O–H groups in total. The predicted molar refractivity (Wildman–Crippen MR) is 121 cm³/mol. The van der Waals surface area contributed by atoms with Crippen LogP contribution < -0.4 is 15.4 Å². The molecule has 4 rings (SSSR count). The third kappa shape index (κ3) is 3.97. The second-order valence-electron chi connectivity index (χ2n) is 7.88. The molecule has 1 aliphatic heterocycles. The number of fused-ring (bicyclic) bond motifs is 1. The summed E-state index contributed by atoms with van der Waals surface area (Å²) < 4.78 is 13.0. The number of hydrogen-bond donors (Lipinski definition) is 0. The van der Waals surface area contributed by atoms with Gasteiger partial charge in [-0.1, -0.05) is 18.2 Å². The van der Waals surface area contributed by atoms with E-state index in [1.165, 1.54) is 11.3 Å². The fraction of sp³-hybridized carbons (Fsp3) is 0.458. The summed E-state index contributed by atoms with van der Waals surface area (Å²) in [7, 11) is 1.74. The molecule has 0 amide bonds. The van der Waals surface area contributed by atoms with E-state index in [-0.39, 0.29) is 11.8 Å². The quantitative estimate of drug-likeness (QED) is 0.583. The topological polar surface area (TPSA) is 50.9 Å². The monoisotopic (exact) mass is 409 g/mol. The zero-order chi connectivity index (χ0) is 21.1. The number of anilines is 1. The van der Waals surface area contributed by atoms with Crippen LogP contribution >= 0.6 is 0 Å². The minimum absolute atomic E-state index is 0.185. The summed E-state index contributed by atoms with van der Waals surface area (Å²) >= 11 is 0. The third-order valence-electron chi connectivity index (χ3n) is 6.23. The molecule has 2 heterocycles. The molecule has 0 saturated carbocycles. The number of piperidine rings is 1. The highest BCUT2D eigenvalue weighted by atomic mass is 16.5. The van der Waals surface area contributed by atoms with Crippen LogP contribution in [-0.2, 0) is 6.54 Å². The van der Waals surface area contributed by atoms with Gasteiger partial charge < -0.3 is 14.1 Å². The molecule has 2 aromatic carbocycles. The first kappa shape index (κ1) is 20.5.